The summed E-state index contributed by atoms with van der Waals surface area (Å²) in [6, 6.07) is 8.03. The number of nitrogens with zero attached hydrogens (tertiary/aromatic N) is 2. The van der Waals surface area contributed by atoms with Crippen LogP contribution in [0.3, 0.4) is 0 Å². The van der Waals surface area contributed by atoms with Gasteiger partial charge in [0.1, 0.15) is 5.54 Å². The van der Waals surface area contributed by atoms with Crippen molar-refractivity contribution in [3.05, 3.63) is 29.3 Å². The average Bonchev–Trinajstić information content (AvgIpc) is 3.25. The third-order valence-corrected chi connectivity index (χ3v) is 7.14. The van der Waals surface area contributed by atoms with Gasteiger partial charge in [-0.1, -0.05) is 23.7 Å². The van der Waals surface area contributed by atoms with Gasteiger partial charge in [0, 0.05) is 13.0 Å². The number of alkyl carbamates (subject to hydrolysis) is 1. The van der Waals surface area contributed by atoms with E-state index in [0.717, 1.165) is 4.90 Å². The fourth-order valence-corrected chi connectivity index (χ4v) is 5.04. The first-order valence-electron chi connectivity index (χ1n) is 7.91. The number of hydrogen-bond donors (Lipinski definition) is 1. The highest BCUT2D eigenvalue weighted by Gasteiger charge is 2.47. The Bertz CT molecular complexity index is 878. The van der Waals surface area contributed by atoms with Crippen LogP contribution in [0.5, 0.6) is 0 Å². The molecule has 2 fully saturated rings. The summed E-state index contributed by atoms with van der Waals surface area (Å²) in [7, 11) is -3.81. The van der Waals surface area contributed by atoms with Gasteiger partial charge in [-0.25, -0.2) is 13.2 Å². The Kier molecular flexibility index (Phi) is 4.82. The summed E-state index contributed by atoms with van der Waals surface area (Å²) in [5.41, 5.74) is -0.912. The second kappa shape index (κ2) is 6.78. The molecule has 0 unspecified atom stereocenters. The maximum absolute atomic E-state index is 12.8. The van der Waals surface area contributed by atoms with Crippen LogP contribution in [0.2, 0.25) is 5.02 Å². The maximum atomic E-state index is 12.8. The van der Waals surface area contributed by atoms with Gasteiger partial charge in [0.15, 0.2) is 16.1 Å². The number of carbonyl (C=O) groups excluding carboxylic acids is 2. The number of nitrogens with one attached hydrogen (secondary N) is 1. The van der Waals surface area contributed by atoms with Crippen LogP contribution in [0.25, 0.3) is 0 Å². The molecule has 10 heteroatoms. The van der Waals surface area contributed by atoms with Crippen molar-refractivity contribution in [1.82, 2.24) is 10.2 Å². The smallest absolute Gasteiger partial charge is 0.410 e. The monoisotopic (exact) mass is 397 g/mol. The first-order chi connectivity index (χ1) is 12.3. The maximum Gasteiger partial charge on any atom is 0.410 e. The number of amides is 2. The molecule has 1 heterocycles. The zero-order chi connectivity index (χ0) is 18.9. The molecule has 8 nitrogen and oxygen atoms in total. The molecule has 0 bridgehead atoms. The second-order valence-corrected chi connectivity index (χ2v) is 8.92. The Hall–Kier alpha value is -2.31. The number of hydrogen-bond acceptors (Lipinski definition) is 6. The largest absolute Gasteiger partial charge is 0.425 e. The highest BCUT2D eigenvalue weighted by atomic mass is 35.5. The number of sulfone groups is 1. The molecular formula is C16H16ClN3O5S. The van der Waals surface area contributed by atoms with E-state index in [0.29, 0.717) is 19.3 Å². The predicted molar refractivity (Wildman–Crippen MR) is 90.8 cm³/mol. The van der Waals surface area contributed by atoms with E-state index in [4.69, 9.17) is 21.6 Å². The van der Waals surface area contributed by atoms with E-state index in [9.17, 15) is 18.0 Å². The summed E-state index contributed by atoms with van der Waals surface area (Å²) in [4.78, 5) is 24.3. The van der Waals surface area contributed by atoms with E-state index in [1.807, 2.05) is 6.07 Å². The molecule has 1 saturated heterocycles. The molecule has 1 aromatic rings. The van der Waals surface area contributed by atoms with E-state index < -0.39 is 32.9 Å². The Balaban J connectivity index is 1.73. The fraction of sp³-hybridized carbons (Fsp3) is 0.438. The van der Waals surface area contributed by atoms with Crippen LogP contribution in [0.15, 0.2) is 29.2 Å². The first-order valence-corrected chi connectivity index (χ1v) is 9.83. The molecule has 138 valence electrons. The Labute approximate surface area is 155 Å². The van der Waals surface area contributed by atoms with Gasteiger partial charge in [0.05, 0.1) is 21.2 Å². The number of likely N-dealkylation sites (tertiary alicyclic amines) is 1. The topological polar surface area (TPSA) is 117 Å². The molecule has 26 heavy (non-hydrogen) atoms. The lowest BCUT2D eigenvalue weighted by molar-refractivity contribution is -0.124. The van der Waals surface area contributed by atoms with E-state index in [1.54, 1.807) is 12.1 Å². The standard InChI is InChI=1S/C16H16ClN3O5S/c17-12-3-1-2-4-13(12)26(23,24)11-7-14(20(8-11)10-21)25-15(22)19-16(9-18)5-6-16/h1-4,10-11,14H,5-8H2,(H,19,22)/t11-,14+/m1/s1. The van der Waals surface area contributed by atoms with E-state index >= 15 is 0 Å². The van der Waals surface area contributed by atoms with Crippen molar-refractivity contribution in [1.29, 1.82) is 5.26 Å². The second-order valence-electron chi connectivity index (χ2n) is 6.31. The van der Waals surface area contributed by atoms with Crippen molar-refractivity contribution in [2.75, 3.05) is 6.54 Å². The summed E-state index contributed by atoms with van der Waals surface area (Å²) in [5, 5.41) is 10.6. The van der Waals surface area contributed by atoms with Crippen molar-refractivity contribution in [2.24, 2.45) is 0 Å². The lowest BCUT2D eigenvalue weighted by Crippen LogP contribution is -2.41. The van der Waals surface area contributed by atoms with E-state index in [-0.39, 0.29) is 22.9 Å². The van der Waals surface area contributed by atoms with Gasteiger partial charge in [0.2, 0.25) is 6.41 Å². The van der Waals surface area contributed by atoms with Crippen LogP contribution in [0.1, 0.15) is 19.3 Å². The third-order valence-electron chi connectivity index (χ3n) is 4.51. The minimum Gasteiger partial charge on any atom is -0.425 e. The lowest BCUT2D eigenvalue weighted by Gasteiger charge is -2.20. The number of carbonyl (C=O) groups is 2. The van der Waals surface area contributed by atoms with Crippen LogP contribution >= 0.6 is 11.6 Å². The van der Waals surface area contributed by atoms with Crippen LogP contribution in [-0.4, -0.2) is 49.4 Å². The molecule has 1 saturated carbocycles. The number of rotatable bonds is 5. The van der Waals surface area contributed by atoms with Gasteiger partial charge in [-0.05, 0) is 25.0 Å². The number of benzene rings is 1. The first kappa shape index (κ1) is 18.5. The summed E-state index contributed by atoms with van der Waals surface area (Å²) in [6.07, 6.45) is -0.439. The van der Waals surface area contributed by atoms with Crippen LogP contribution in [0.4, 0.5) is 4.79 Å². The minimum absolute atomic E-state index is 0.0240. The quantitative estimate of drug-likeness (QED) is 0.751. The number of halogens is 1. The van der Waals surface area contributed by atoms with Crippen LogP contribution in [-0.2, 0) is 19.4 Å². The Morgan fingerprint density at radius 1 is 1.42 bits per heavy atom. The molecule has 3 rings (SSSR count). The number of nitriles is 1. The lowest BCUT2D eigenvalue weighted by atomic mass is 10.3. The van der Waals surface area contributed by atoms with Crippen molar-refractivity contribution in [3.8, 4) is 6.07 Å². The highest BCUT2D eigenvalue weighted by molar-refractivity contribution is 7.92. The molecule has 2 amide bonds. The van der Waals surface area contributed by atoms with Crippen molar-refractivity contribution in [3.63, 3.8) is 0 Å². The molecule has 0 spiro atoms. The molecule has 1 aliphatic carbocycles. The Morgan fingerprint density at radius 2 is 2.12 bits per heavy atom. The SMILES string of the molecule is N#CC1(NC(=O)O[C@H]2C[C@@H](S(=O)(=O)c3ccccc3Cl)CN2C=O)CC1. The van der Waals surface area contributed by atoms with E-state index in [1.165, 1.54) is 12.1 Å². The van der Waals surface area contributed by atoms with Gasteiger partial charge in [-0.15, -0.1) is 0 Å². The summed E-state index contributed by atoms with van der Waals surface area (Å²) in [6.45, 7) is -0.113. The molecule has 1 N–H and O–H groups in total. The molecule has 1 aliphatic heterocycles. The van der Waals surface area contributed by atoms with Gasteiger partial charge in [-0.2, -0.15) is 5.26 Å². The molecule has 0 radical (unpaired) electrons. The zero-order valence-corrected chi connectivity index (χ0v) is 15.2. The summed E-state index contributed by atoms with van der Waals surface area (Å²) >= 11 is 5.99. The predicted octanol–water partition coefficient (Wildman–Crippen LogP) is 1.45. The van der Waals surface area contributed by atoms with Crippen molar-refractivity contribution in [2.45, 2.75) is 41.2 Å². The van der Waals surface area contributed by atoms with Gasteiger partial charge < -0.3 is 15.0 Å². The Morgan fingerprint density at radius 3 is 2.69 bits per heavy atom. The summed E-state index contributed by atoms with van der Waals surface area (Å²) in [5.74, 6) is 0. The molecular weight excluding hydrogens is 382 g/mol. The van der Waals surface area contributed by atoms with E-state index in [2.05, 4.69) is 5.32 Å². The summed E-state index contributed by atoms with van der Waals surface area (Å²) < 4.78 is 30.8. The van der Waals surface area contributed by atoms with Crippen LogP contribution < -0.4 is 5.32 Å². The fourth-order valence-electron chi connectivity index (χ4n) is 2.83. The highest BCUT2D eigenvalue weighted by Crippen LogP contribution is 2.35. The zero-order valence-electron chi connectivity index (χ0n) is 13.6. The molecule has 2 atom stereocenters. The molecule has 0 aromatic heterocycles. The van der Waals surface area contributed by atoms with Crippen molar-refractivity contribution < 1.29 is 22.7 Å². The van der Waals surface area contributed by atoms with Gasteiger partial charge >= 0.3 is 6.09 Å². The third kappa shape index (κ3) is 3.48. The molecule has 1 aromatic carbocycles. The van der Waals surface area contributed by atoms with Crippen LogP contribution in [0, 0.1) is 11.3 Å². The van der Waals surface area contributed by atoms with Crippen molar-refractivity contribution >= 4 is 33.9 Å². The number of ether oxygens (including phenoxy) is 1. The average molecular weight is 398 g/mol. The minimum atomic E-state index is -3.81. The molecule has 2 aliphatic rings. The normalized spacial score (nSPS) is 23.8. The van der Waals surface area contributed by atoms with Gasteiger partial charge in [0.25, 0.3) is 0 Å². The van der Waals surface area contributed by atoms with Gasteiger partial charge in [-0.3, -0.25) is 4.79 Å².